The highest BCUT2D eigenvalue weighted by Gasteiger charge is 2.37. The Balaban J connectivity index is 2.08. The minimum atomic E-state index is -0.896. The minimum absolute atomic E-state index is 0.256. The van der Waals surface area contributed by atoms with Gasteiger partial charge in [-0.25, -0.2) is 0 Å². The van der Waals surface area contributed by atoms with Gasteiger partial charge < -0.3 is 10.4 Å². The Bertz CT molecular complexity index is 475. The molecule has 0 aliphatic heterocycles. The van der Waals surface area contributed by atoms with E-state index in [1.165, 1.54) is 0 Å². The fraction of sp³-hybridized carbons (Fsp3) is 0.385. The van der Waals surface area contributed by atoms with E-state index < -0.39 is 17.8 Å². The molecule has 0 spiro atoms. The summed E-state index contributed by atoms with van der Waals surface area (Å²) >= 11 is 5.94. The SMILES string of the molecule is O=C(O)[C@H]1CCC[C@H]1C(=O)Nc1ccccc1Cl. The molecular weight excluding hydrogens is 254 g/mol. The zero-order chi connectivity index (χ0) is 13.1. The summed E-state index contributed by atoms with van der Waals surface area (Å²) in [6, 6.07) is 6.92. The average Bonchev–Trinajstić information content (AvgIpc) is 2.81. The molecule has 1 amide bonds. The van der Waals surface area contributed by atoms with Crippen LogP contribution in [0.3, 0.4) is 0 Å². The molecule has 0 heterocycles. The second kappa shape index (κ2) is 5.40. The van der Waals surface area contributed by atoms with Crippen molar-refractivity contribution in [2.45, 2.75) is 19.3 Å². The summed E-state index contributed by atoms with van der Waals surface area (Å²) in [6.45, 7) is 0. The van der Waals surface area contributed by atoms with Crippen molar-refractivity contribution in [2.75, 3.05) is 5.32 Å². The molecule has 1 aromatic rings. The minimum Gasteiger partial charge on any atom is -0.481 e. The van der Waals surface area contributed by atoms with Crippen molar-refractivity contribution in [1.82, 2.24) is 0 Å². The first kappa shape index (κ1) is 12.9. The van der Waals surface area contributed by atoms with E-state index in [1.54, 1.807) is 24.3 Å². The molecule has 1 fully saturated rings. The maximum Gasteiger partial charge on any atom is 0.307 e. The van der Waals surface area contributed by atoms with E-state index in [0.29, 0.717) is 23.6 Å². The zero-order valence-corrected chi connectivity index (χ0v) is 10.5. The number of anilines is 1. The van der Waals surface area contributed by atoms with E-state index in [1.807, 2.05) is 0 Å². The lowest BCUT2D eigenvalue weighted by molar-refractivity contribution is -0.145. The summed E-state index contributed by atoms with van der Waals surface area (Å²) < 4.78 is 0. The van der Waals surface area contributed by atoms with E-state index in [4.69, 9.17) is 16.7 Å². The van der Waals surface area contributed by atoms with Gasteiger partial charge >= 0.3 is 5.97 Å². The van der Waals surface area contributed by atoms with Crippen molar-refractivity contribution in [3.05, 3.63) is 29.3 Å². The molecule has 0 unspecified atom stereocenters. The van der Waals surface area contributed by atoms with Crippen molar-refractivity contribution < 1.29 is 14.7 Å². The summed E-state index contributed by atoms with van der Waals surface area (Å²) in [5, 5.41) is 12.2. The third kappa shape index (κ3) is 2.64. The molecular formula is C13H14ClNO3. The molecule has 96 valence electrons. The quantitative estimate of drug-likeness (QED) is 0.885. The molecule has 2 rings (SSSR count). The van der Waals surface area contributed by atoms with Crippen molar-refractivity contribution in [3.8, 4) is 0 Å². The Hall–Kier alpha value is -1.55. The van der Waals surface area contributed by atoms with Crippen LogP contribution in [0.25, 0.3) is 0 Å². The van der Waals surface area contributed by atoms with Crippen LogP contribution in [-0.2, 0) is 9.59 Å². The molecule has 1 saturated carbocycles. The lowest BCUT2D eigenvalue weighted by atomic mass is 9.95. The van der Waals surface area contributed by atoms with Gasteiger partial charge in [0.15, 0.2) is 0 Å². The first-order valence-electron chi connectivity index (χ1n) is 5.88. The van der Waals surface area contributed by atoms with Gasteiger partial charge in [-0.15, -0.1) is 0 Å². The van der Waals surface area contributed by atoms with Crippen molar-refractivity contribution in [3.63, 3.8) is 0 Å². The Labute approximate surface area is 110 Å². The van der Waals surface area contributed by atoms with Gasteiger partial charge in [-0.3, -0.25) is 9.59 Å². The van der Waals surface area contributed by atoms with E-state index in [-0.39, 0.29) is 5.91 Å². The molecule has 2 atom stereocenters. The summed E-state index contributed by atoms with van der Waals surface area (Å²) in [7, 11) is 0. The maximum absolute atomic E-state index is 12.0. The van der Waals surface area contributed by atoms with E-state index in [2.05, 4.69) is 5.32 Å². The largest absolute Gasteiger partial charge is 0.481 e. The van der Waals surface area contributed by atoms with E-state index in [9.17, 15) is 9.59 Å². The molecule has 1 aliphatic rings. The first-order valence-corrected chi connectivity index (χ1v) is 6.25. The monoisotopic (exact) mass is 267 g/mol. The number of benzene rings is 1. The standard InChI is InChI=1S/C13H14ClNO3/c14-10-6-1-2-7-11(10)15-12(16)8-4-3-5-9(8)13(17)18/h1-2,6-9H,3-5H2,(H,15,16)(H,17,18)/t8-,9+/m1/s1. The van der Waals surface area contributed by atoms with Crippen LogP contribution < -0.4 is 5.32 Å². The van der Waals surface area contributed by atoms with Crippen LogP contribution in [0.5, 0.6) is 0 Å². The second-order valence-electron chi connectivity index (χ2n) is 4.45. The third-order valence-electron chi connectivity index (χ3n) is 3.30. The molecule has 2 N–H and O–H groups in total. The predicted molar refractivity (Wildman–Crippen MR) is 68.5 cm³/mol. The lowest BCUT2D eigenvalue weighted by Crippen LogP contribution is -2.30. The highest BCUT2D eigenvalue weighted by molar-refractivity contribution is 6.33. The van der Waals surface area contributed by atoms with Crippen LogP contribution in [0.1, 0.15) is 19.3 Å². The van der Waals surface area contributed by atoms with Gasteiger partial charge in [-0.05, 0) is 25.0 Å². The normalized spacial score (nSPS) is 22.7. The Morgan fingerprint density at radius 1 is 1.22 bits per heavy atom. The number of halogens is 1. The lowest BCUT2D eigenvalue weighted by Gasteiger charge is -2.16. The van der Waals surface area contributed by atoms with Crippen LogP contribution in [0.4, 0.5) is 5.69 Å². The number of carboxylic acids is 1. The molecule has 1 aromatic carbocycles. The summed E-state index contributed by atoms with van der Waals surface area (Å²) in [6.07, 6.45) is 1.96. The molecule has 18 heavy (non-hydrogen) atoms. The number of carbonyl (C=O) groups is 2. The van der Waals surface area contributed by atoms with E-state index >= 15 is 0 Å². The number of carboxylic acid groups (broad SMARTS) is 1. The molecule has 0 saturated heterocycles. The third-order valence-corrected chi connectivity index (χ3v) is 3.63. The highest BCUT2D eigenvalue weighted by atomic mass is 35.5. The smallest absolute Gasteiger partial charge is 0.307 e. The van der Waals surface area contributed by atoms with Crippen LogP contribution in [0, 0.1) is 11.8 Å². The van der Waals surface area contributed by atoms with Crippen LogP contribution in [-0.4, -0.2) is 17.0 Å². The van der Waals surface area contributed by atoms with Crippen molar-refractivity contribution in [2.24, 2.45) is 11.8 Å². The number of amides is 1. The van der Waals surface area contributed by atoms with Gasteiger partial charge in [0.1, 0.15) is 0 Å². The van der Waals surface area contributed by atoms with Crippen molar-refractivity contribution >= 4 is 29.2 Å². The van der Waals surface area contributed by atoms with Gasteiger partial charge in [-0.2, -0.15) is 0 Å². The molecule has 0 aromatic heterocycles. The Morgan fingerprint density at radius 2 is 1.89 bits per heavy atom. The van der Waals surface area contributed by atoms with Gasteiger partial charge in [-0.1, -0.05) is 30.2 Å². The van der Waals surface area contributed by atoms with Gasteiger partial charge in [0.05, 0.1) is 22.5 Å². The van der Waals surface area contributed by atoms with Gasteiger partial charge in [0.25, 0.3) is 0 Å². The number of rotatable bonds is 3. The second-order valence-corrected chi connectivity index (χ2v) is 4.86. The summed E-state index contributed by atoms with van der Waals surface area (Å²) in [5.74, 6) is -2.19. The van der Waals surface area contributed by atoms with Crippen LogP contribution in [0.15, 0.2) is 24.3 Å². The molecule has 5 heteroatoms. The Kier molecular flexibility index (Phi) is 3.87. The molecule has 0 bridgehead atoms. The average molecular weight is 268 g/mol. The number of hydrogen-bond acceptors (Lipinski definition) is 2. The molecule has 1 aliphatic carbocycles. The van der Waals surface area contributed by atoms with Crippen LogP contribution >= 0.6 is 11.6 Å². The van der Waals surface area contributed by atoms with Crippen LogP contribution in [0.2, 0.25) is 5.02 Å². The summed E-state index contributed by atoms with van der Waals surface area (Å²) in [5.41, 5.74) is 0.528. The van der Waals surface area contributed by atoms with Gasteiger partial charge in [0, 0.05) is 0 Å². The fourth-order valence-corrected chi connectivity index (χ4v) is 2.54. The topological polar surface area (TPSA) is 66.4 Å². The highest BCUT2D eigenvalue weighted by Crippen LogP contribution is 2.33. The number of hydrogen-bond donors (Lipinski definition) is 2. The Morgan fingerprint density at radius 3 is 2.56 bits per heavy atom. The first-order chi connectivity index (χ1) is 8.59. The zero-order valence-electron chi connectivity index (χ0n) is 9.73. The fourth-order valence-electron chi connectivity index (χ4n) is 2.36. The van der Waals surface area contributed by atoms with Crippen molar-refractivity contribution in [1.29, 1.82) is 0 Å². The van der Waals surface area contributed by atoms with Gasteiger partial charge in [0.2, 0.25) is 5.91 Å². The molecule has 4 nitrogen and oxygen atoms in total. The summed E-state index contributed by atoms with van der Waals surface area (Å²) in [4.78, 5) is 23.1. The number of aliphatic carboxylic acids is 1. The maximum atomic E-state index is 12.0. The van der Waals surface area contributed by atoms with E-state index in [0.717, 1.165) is 6.42 Å². The predicted octanol–water partition coefficient (Wildman–Crippen LogP) is 2.78. The number of carbonyl (C=O) groups excluding carboxylic acids is 1. The number of para-hydroxylation sites is 1. The molecule has 0 radical (unpaired) electrons. The number of nitrogens with one attached hydrogen (secondary N) is 1.